The van der Waals surface area contributed by atoms with Crippen LogP contribution in [0.1, 0.15) is 16.7 Å². The molecule has 4 aromatic rings. The maximum absolute atomic E-state index is 10.9. The predicted octanol–water partition coefficient (Wildman–Crippen LogP) is 4.52. The number of hydrogen-bond donors (Lipinski definition) is 3. The summed E-state index contributed by atoms with van der Waals surface area (Å²) in [5, 5.41) is 11.6. The number of hydrogen-bond acceptors (Lipinski definition) is 5. The minimum absolute atomic E-state index is 0.0214. The van der Waals surface area contributed by atoms with Gasteiger partial charge in [0.05, 0.1) is 36.7 Å². The molecule has 6 nitrogen and oxygen atoms in total. The number of fused-ring (bicyclic) bond motifs is 1. The molecule has 0 saturated carbocycles. The molecule has 3 aromatic carbocycles. The van der Waals surface area contributed by atoms with E-state index in [0.717, 1.165) is 27.7 Å². The molecule has 0 aliphatic carbocycles. The van der Waals surface area contributed by atoms with Crippen molar-refractivity contribution >= 4 is 22.3 Å². The highest BCUT2D eigenvalue weighted by Gasteiger charge is 2.21. The van der Waals surface area contributed by atoms with Crippen LogP contribution in [0.25, 0.3) is 10.9 Å². The number of ether oxygens (including phenoxy) is 2. The molecule has 1 heterocycles. The van der Waals surface area contributed by atoms with Crippen molar-refractivity contribution in [3.05, 3.63) is 83.4 Å². The first-order valence-electron chi connectivity index (χ1n) is 9.54. The first-order chi connectivity index (χ1) is 14.6. The van der Waals surface area contributed by atoms with E-state index in [1.165, 1.54) is 0 Å². The Hall–Kier alpha value is -3.77. The summed E-state index contributed by atoms with van der Waals surface area (Å²) in [7, 11) is 3.16. The van der Waals surface area contributed by atoms with Gasteiger partial charge in [-0.05, 0) is 29.8 Å². The van der Waals surface area contributed by atoms with E-state index in [0.29, 0.717) is 29.3 Å². The van der Waals surface area contributed by atoms with E-state index >= 15 is 0 Å². The molecular weight excluding hydrogens is 378 g/mol. The lowest BCUT2D eigenvalue weighted by Crippen LogP contribution is -2.05. The van der Waals surface area contributed by atoms with Crippen LogP contribution in [0.4, 0.5) is 5.69 Å². The fourth-order valence-corrected chi connectivity index (χ4v) is 3.49. The summed E-state index contributed by atoms with van der Waals surface area (Å²) in [5.41, 5.74) is 10.4. The standard InChI is InChI=1S/C24H23N3O3/c1-29-20-12-18-19(13-21(20)30-2)27-24(28)22(18)23(26-17-9-4-3-5-10-17)16-8-6-7-15(11-16)14-25/h3-13,27-28H,14,25H2,1-2H3. The summed E-state index contributed by atoms with van der Waals surface area (Å²) >= 11 is 0. The SMILES string of the molecule is COc1cc2[nH]c(O)c(C(=Nc3ccccc3)c3cccc(CN)c3)c2cc1OC. The van der Waals surface area contributed by atoms with Gasteiger partial charge in [0.15, 0.2) is 17.4 Å². The molecule has 0 spiro atoms. The van der Waals surface area contributed by atoms with E-state index in [9.17, 15) is 5.11 Å². The fraction of sp³-hybridized carbons (Fsp3) is 0.125. The Balaban J connectivity index is 2.01. The smallest absolute Gasteiger partial charge is 0.199 e. The number of nitrogens with one attached hydrogen (secondary N) is 1. The molecule has 0 unspecified atom stereocenters. The Morgan fingerprint density at radius 2 is 1.70 bits per heavy atom. The number of para-hydroxylation sites is 1. The van der Waals surface area contributed by atoms with Crippen molar-refractivity contribution in [3.8, 4) is 17.4 Å². The number of nitrogens with two attached hydrogens (primary N) is 1. The van der Waals surface area contributed by atoms with Crippen LogP contribution < -0.4 is 15.2 Å². The molecule has 6 heteroatoms. The highest BCUT2D eigenvalue weighted by atomic mass is 16.5. The molecule has 0 fully saturated rings. The van der Waals surface area contributed by atoms with Crippen molar-refractivity contribution < 1.29 is 14.6 Å². The van der Waals surface area contributed by atoms with Crippen molar-refractivity contribution in [2.75, 3.05) is 14.2 Å². The zero-order valence-electron chi connectivity index (χ0n) is 16.8. The van der Waals surface area contributed by atoms with Crippen molar-refractivity contribution in [2.24, 2.45) is 10.7 Å². The van der Waals surface area contributed by atoms with Crippen molar-refractivity contribution in [1.82, 2.24) is 4.98 Å². The van der Waals surface area contributed by atoms with Crippen LogP contribution >= 0.6 is 0 Å². The molecule has 4 N–H and O–H groups in total. The van der Waals surface area contributed by atoms with Gasteiger partial charge in [0, 0.05) is 23.6 Å². The van der Waals surface area contributed by atoms with Gasteiger partial charge in [-0.3, -0.25) is 0 Å². The number of methoxy groups -OCH3 is 2. The normalized spacial score (nSPS) is 11.6. The Morgan fingerprint density at radius 3 is 2.40 bits per heavy atom. The summed E-state index contributed by atoms with van der Waals surface area (Å²) in [6.07, 6.45) is 0. The maximum atomic E-state index is 10.9. The van der Waals surface area contributed by atoms with E-state index in [4.69, 9.17) is 20.2 Å². The van der Waals surface area contributed by atoms with Gasteiger partial charge in [0.25, 0.3) is 0 Å². The molecule has 4 rings (SSSR count). The summed E-state index contributed by atoms with van der Waals surface area (Å²) in [6.45, 7) is 0.414. The van der Waals surface area contributed by atoms with Gasteiger partial charge in [-0.25, -0.2) is 4.99 Å². The van der Waals surface area contributed by atoms with Crippen LogP contribution in [-0.2, 0) is 6.54 Å². The van der Waals surface area contributed by atoms with E-state index in [2.05, 4.69) is 4.98 Å². The molecular formula is C24H23N3O3. The fourth-order valence-electron chi connectivity index (χ4n) is 3.49. The van der Waals surface area contributed by atoms with Gasteiger partial charge in [0.1, 0.15) is 0 Å². The van der Waals surface area contributed by atoms with Crippen LogP contribution in [0.15, 0.2) is 71.7 Å². The van der Waals surface area contributed by atoms with Crippen LogP contribution in [0.2, 0.25) is 0 Å². The number of aromatic amines is 1. The van der Waals surface area contributed by atoms with Crippen LogP contribution in [0, 0.1) is 0 Å². The van der Waals surface area contributed by atoms with E-state index < -0.39 is 0 Å². The molecule has 152 valence electrons. The molecule has 0 atom stereocenters. The number of nitrogens with zero attached hydrogens (tertiary/aromatic N) is 1. The maximum Gasteiger partial charge on any atom is 0.199 e. The lowest BCUT2D eigenvalue weighted by Gasteiger charge is -2.11. The van der Waals surface area contributed by atoms with Crippen LogP contribution in [0.3, 0.4) is 0 Å². The summed E-state index contributed by atoms with van der Waals surface area (Å²) in [4.78, 5) is 7.91. The summed E-state index contributed by atoms with van der Waals surface area (Å²) in [5.74, 6) is 1.16. The molecule has 0 amide bonds. The van der Waals surface area contributed by atoms with Gasteiger partial charge in [-0.15, -0.1) is 0 Å². The molecule has 0 bridgehead atoms. The average Bonchev–Trinajstić information content (AvgIpc) is 3.11. The third-order valence-electron chi connectivity index (χ3n) is 4.95. The number of aliphatic imine (C=N–C) groups is 1. The van der Waals surface area contributed by atoms with Gasteiger partial charge in [0.2, 0.25) is 0 Å². The number of benzene rings is 3. The van der Waals surface area contributed by atoms with Crippen LogP contribution in [0.5, 0.6) is 17.4 Å². The minimum Gasteiger partial charge on any atom is -0.494 e. The third-order valence-corrected chi connectivity index (χ3v) is 4.95. The summed E-state index contributed by atoms with van der Waals surface area (Å²) < 4.78 is 10.9. The zero-order chi connectivity index (χ0) is 21.1. The van der Waals surface area contributed by atoms with Crippen LogP contribution in [-0.4, -0.2) is 30.0 Å². The quantitative estimate of drug-likeness (QED) is 0.414. The van der Waals surface area contributed by atoms with E-state index in [1.54, 1.807) is 20.3 Å². The Kier molecular flexibility index (Phi) is 5.41. The third kappa shape index (κ3) is 3.60. The number of rotatable bonds is 6. The number of aromatic hydroxyl groups is 1. The molecule has 1 aromatic heterocycles. The second kappa shape index (κ2) is 8.31. The lowest BCUT2D eigenvalue weighted by molar-refractivity contribution is 0.356. The summed E-state index contributed by atoms with van der Waals surface area (Å²) in [6, 6.07) is 21.1. The predicted molar refractivity (Wildman–Crippen MR) is 119 cm³/mol. The monoisotopic (exact) mass is 401 g/mol. The van der Waals surface area contributed by atoms with Gasteiger partial charge in [-0.2, -0.15) is 0 Å². The second-order valence-corrected chi connectivity index (χ2v) is 6.80. The molecule has 0 saturated heterocycles. The number of H-pyrrole nitrogens is 1. The first kappa shape index (κ1) is 19.5. The minimum atomic E-state index is 0.0214. The topological polar surface area (TPSA) is 92.9 Å². The Labute approximate surface area is 174 Å². The van der Waals surface area contributed by atoms with E-state index in [-0.39, 0.29) is 5.88 Å². The Bertz CT molecular complexity index is 1210. The molecule has 0 aliphatic rings. The van der Waals surface area contributed by atoms with Gasteiger partial charge in [-0.1, -0.05) is 36.4 Å². The molecule has 30 heavy (non-hydrogen) atoms. The highest BCUT2D eigenvalue weighted by Crippen LogP contribution is 2.38. The molecule has 0 aliphatic heterocycles. The van der Waals surface area contributed by atoms with Crippen molar-refractivity contribution in [3.63, 3.8) is 0 Å². The second-order valence-electron chi connectivity index (χ2n) is 6.80. The van der Waals surface area contributed by atoms with Crippen molar-refractivity contribution in [1.29, 1.82) is 0 Å². The first-order valence-corrected chi connectivity index (χ1v) is 9.54. The Morgan fingerprint density at radius 1 is 0.967 bits per heavy atom. The number of aromatic nitrogens is 1. The molecule has 0 radical (unpaired) electrons. The van der Waals surface area contributed by atoms with Gasteiger partial charge >= 0.3 is 0 Å². The van der Waals surface area contributed by atoms with Crippen molar-refractivity contribution in [2.45, 2.75) is 6.54 Å². The van der Waals surface area contributed by atoms with E-state index in [1.807, 2.05) is 60.7 Å². The van der Waals surface area contributed by atoms with Gasteiger partial charge < -0.3 is 25.3 Å². The largest absolute Gasteiger partial charge is 0.494 e. The zero-order valence-corrected chi connectivity index (χ0v) is 16.8. The average molecular weight is 401 g/mol. The highest BCUT2D eigenvalue weighted by molar-refractivity contribution is 6.22. The lowest BCUT2D eigenvalue weighted by atomic mass is 9.98.